The minimum atomic E-state index is -0.692. The zero-order chi connectivity index (χ0) is 23.9. The molecule has 31 heavy (non-hydrogen) atoms. The van der Waals surface area contributed by atoms with Crippen molar-refractivity contribution in [2.24, 2.45) is 11.8 Å². The van der Waals surface area contributed by atoms with Crippen molar-refractivity contribution in [2.45, 2.75) is 47.6 Å². The number of nitrogen functional groups attached to an aromatic ring is 1. The zero-order valence-electron chi connectivity index (χ0n) is 19.9. The highest BCUT2D eigenvalue weighted by Gasteiger charge is 2.27. The average molecular weight is 439 g/mol. The van der Waals surface area contributed by atoms with Crippen LogP contribution in [0.5, 0.6) is 0 Å². The minimum absolute atomic E-state index is 0.0191. The number of hydrogen-bond acceptors (Lipinski definition) is 6. The van der Waals surface area contributed by atoms with E-state index in [4.69, 9.17) is 5.73 Å². The molecule has 3 N–H and O–H groups in total. The van der Waals surface area contributed by atoms with Gasteiger partial charge in [0.15, 0.2) is 5.69 Å². The van der Waals surface area contributed by atoms with Gasteiger partial charge < -0.3 is 15.5 Å². The summed E-state index contributed by atoms with van der Waals surface area (Å²) >= 11 is 0. The maximum absolute atomic E-state index is 13.3. The molecule has 10 nitrogen and oxygen atoms in total. The second-order valence-corrected chi connectivity index (χ2v) is 8.89. The normalized spacial score (nSPS) is 11.4. The molecule has 0 bridgehead atoms. The van der Waals surface area contributed by atoms with Gasteiger partial charge in [-0.3, -0.25) is 28.8 Å². The van der Waals surface area contributed by atoms with Gasteiger partial charge in [-0.2, -0.15) is 0 Å². The first-order valence-corrected chi connectivity index (χ1v) is 10.7. The number of H-pyrrole nitrogens is 1. The van der Waals surface area contributed by atoms with Gasteiger partial charge in [0.25, 0.3) is 5.56 Å². The SMILES string of the molecule is CCCN(CC(=O)N(C)C)CC(=O)N(CC(C)C)c1c(N)n(CC(C)C)c(=O)[nH]c1=O. The highest BCUT2D eigenvalue weighted by Crippen LogP contribution is 2.19. The van der Waals surface area contributed by atoms with Crippen molar-refractivity contribution in [3.63, 3.8) is 0 Å². The molecule has 1 aromatic rings. The molecule has 0 spiro atoms. The van der Waals surface area contributed by atoms with Crippen LogP contribution in [0.15, 0.2) is 9.59 Å². The number of aromatic nitrogens is 2. The molecule has 0 atom stereocenters. The molecular formula is C21H38N6O4. The Morgan fingerprint density at radius 2 is 1.61 bits per heavy atom. The van der Waals surface area contributed by atoms with Crippen LogP contribution in [0.25, 0.3) is 0 Å². The Bertz CT molecular complexity index is 872. The number of carbonyl (C=O) groups excluding carboxylic acids is 2. The maximum atomic E-state index is 13.3. The Morgan fingerprint density at radius 1 is 1.03 bits per heavy atom. The summed E-state index contributed by atoms with van der Waals surface area (Å²) in [6.45, 7) is 10.9. The number of amides is 2. The quantitative estimate of drug-likeness (QED) is 0.520. The highest BCUT2D eigenvalue weighted by molar-refractivity contribution is 5.97. The number of anilines is 2. The van der Waals surface area contributed by atoms with Crippen LogP contribution < -0.4 is 21.9 Å². The molecule has 1 rings (SSSR count). The lowest BCUT2D eigenvalue weighted by Crippen LogP contribution is -2.48. The Morgan fingerprint density at radius 3 is 2.10 bits per heavy atom. The fourth-order valence-electron chi connectivity index (χ4n) is 3.21. The lowest BCUT2D eigenvalue weighted by Gasteiger charge is -2.29. The topological polar surface area (TPSA) is 125 Å². The van der Waals surface area contributed by atoms with Gasteiger partial charge in [0, 0.05) is 27.2 Å². The molecule has 0 aromatic carbocycles. The average Bonchev–Trinajstić information content (AvgIpc) is 2.63. The molecular weight excluding hydrogens is 400 g/mol. The molecule has 0 aliphatic carbocycles. The van der Waals surface area contributed by atoms with Crippen LogP contribution in [0, 0.1) is 11.8 Å². The Hall–Kier alpha value is -2.62. The van der Waals surface area contributed by atoms with E-state index in [0.29, 0.717) is 13.1 Å². The van der Waals surface area contributed by atoms with Crippen LogP contribution in [0.4, 0.5) is 11.5 Å². The standard InChI is InChI=1S/C21H38N6O4/c1-8-9-25(12-16(28)24(6)7)13-17(29)26(10-14(2)3)18-19(22)27(11-15(4)5)21(31)23-20(18)30/h14-15H,8-13,22H2,1-7H3,(H,23,30,31). The van der Waals surface area contributed by atoms with Crippen LogP contribution in [0.1, 0.15) is 41.0 Å². The van der Waals surface area contributed by atoms with Gasteiger partial charge >= 0.3 is 5.69 Å². The third kappa shape index (κ3) is 7.54. The third-order valence-corrected chi connectivity index (χ3v) is 4.64. The van der Waals surface area contributed by atoms with E-state index in [1.54, 1.807) is 19.0 Å². The smallest absolute Gasteiger partial charge is 0.330 e. The van der Waals surface area contributed by atoms with E-state index in [1.807, 2.05) is 34.6 Å². The van der Waals surface area contributed by atoms with Gasteiger partial charge in [-0.1, -0.05) is 34.6 Å². The predicted octanol–water partition coefficient (Wildman–Crippen LogP) is 0.564. The number of nitrogens with one attached hydrogen (secondary N) is 1. The fraction of sp³-hybridized carbons (Fsp3) is 0.714. The summed E-state index contributed by atoms with van der Waals surface area (Å²) in [5.74, 6) is -0.315. The number of aromatic amines is 1. The van der Waals surface area contributed by atoms with Crippen molar-refractivity contribution in [3.8, 4) is 0 Å². The molecule has 1 aromatic heterocycles. The van der Waals surface area contributed by atoms with Crippen molar-refractivity contribution in [2.75, 3.05) is 50.9 Å². The summed E-state index contributed by atoms with van der Waals surface area (Å²) in [5, 5.41) is 0. The summed E-state index contributed by atoms with van der Waals surface area (Å²) in [5.41, 5.74) is 4.93. The Kier molecular flexibility index (Phi) is 9.96. The van der Waals surface area contributed by atoms with Crippen molar-refractivity contribution >= 4 is 23.3 Å². The number of likely N-dealkylation sites (N-methyl/N-ethyl adjacent to an activating group) is 1. The second kappa shape index (κ2) is 11.7. The fourth-order valence-corrected chi connectivity index (χ4v) is 3.21. The van der Waals surface area contributed by atoms with Crippen molar-refractivity contribution in [1.82, 2.24) is 19.4 Å². The zero-order valence-corrected chi connectivity index (χ0v) is 19.9. The maximum Gasteiger partial charge on any atom is 0.330 e. The molecule has 2 amide bonds. The van der Waals surface area contributed by atoms with E-state index in [2.05, 4.69) is 4.98 Å². The first-order chi connectivity index (χ1) is 14.4. The number of hydrogen-bond donors (Lipinski definition) is 2. The van der Waals surface area contributed by atoms with E-state index in [0.717, 1.165) is 6.42 Å². The molecule has 0 aliphatic heterocycles. The van der Waals surface area contributed by atoms with E-state index >= 15 is 0 Å². The largest absolute Gasteiger partial charge is 0.383 e. The molecule has 0 unspecified atom stereocenters. The van der Waals surface area contributed by atoms with Crippen LogP contribution in [0.2, 0.25) is 0 Å². The molecule has 0 saturated heterocycles. The van der Waals surface area contributed by atoms with Crippen molar-refractivity contribution in [1.29, 1.82) is 0 Å². The molecule has 10 heteroatoms. The molecule has 176 valence electrons. The third-order valence-electron chi connectivity index (χ3n) is 4.64. The summed E-state index contributed by atoms with van der Waals surface area (Å²) < 4.78 is 1.29. The Labute approximate surface area is 184 Å². The van der Waals surface area contributed by atoms with E-state index in [1.165, 1.54) is 14.4 Å². The van der Waals surface area contributed by atoms with Gasteiger partial charge in [0.05, 0.1) is 13.1 Å². The number of nitrogens with zero attached hydrogens (tertiary/aromatic N) is 4. The summed E-state index contributed by atoms with van der Waals surface area (Å²) in [6, 6.07) is 0. The van der Waals surface area contributed by atoms with Crippen LogP contribution >= 0.6 is 0 Å². The number of nitrogens with two attached hydrogens (primary N) is 1. The van der Waals surface area contributed by atoms with Gasteiger partial charge in [0.2, 0.25) is 11.8 Å². The summed E-state index contributed by atoms with van der Waals surface area (Å²) in [6.07, 6.45) is 0.764. The number of carbonyl (C=O) groups is 2. The predicted molar refractivity (Wildman–Crippen MR) is 123 cm³/mol. The highest BCUT2D eigenvalue weighted by atomic mass is 16.2. The van der Waals surface area contributed by atoms with E-state index < -0.39 is 11.2 Å². The first kappa shape index (κ1) is 26.4. The van der Waals surface area contributed by atoms with Gasteiger partial charge in [-0.15, -0.1) is 0 Å². The van der Waals surface area contributed by atoms with Crippen molar-refractivity contribution < 1.29 is 9.59 Å². The first-order valence-electron chi connectivity index (χ1n) is 10.7. The molecule has 1 heterocycles. The summed E-state index contributed by atoms with van der Waals surface area (Å²) in [4.78, 5) is 57.3. The molecule has 0 radical (unpaired) electrons. The van der Waals surface area contributed by atoms with E-state index in [9.17, 15) is 19.2 Å². The van der Waals surface area contributed by atoms with Crippen LogP contribution in [0.3, 0.4) is 0 Å². The monoisotopic (exact) mass is 438 g/mol. The molecule has 0 fully saturated rings. The summed E-state index contributed by atoms with van der Waals surface area (Å²) in [7, 11) is 3.33. The van der Waals surface area contributed by atoms with Gasteiger partial charge in [0.1, 0.15) is 5.82 Å². The van der Waals surface area contributed by atoms with Gasteiger partial charge in [-0.25, -0.2) is 4.79 Å². The van der Waals surface area contributed by atoms with Crippen LogP contribution in [-0.2, 0) is 16.1 Å². The van der Waals surface area contributed by atoms with Crippen molar-refractivity contribution in [3.05, 3.63) is 20.8 Å². The minimum Gasteiger partial charge on any atom is -0.383 e. The van der Waals surface area contributed by atoms with Crippen LogP contribution in [-0.4, -0.2) is 71.4 Å². The lowest BCUT2D eigenvalue weighted by molar-refractivity contribution is -0.130. The van der Waals surface area contributed by atoms with Gasteiger partial charge in [-0.05, 0) is 24.8 Å². The molecule has 0 aliphatic rings. The number of rotatable bonds is 11. The molecule has 0 saturated carbocycles. The van der Waals surface area contributed by atoms with E-state index in [-0.39, 0.29) is 54.8 Å². The second-order valence-electron chi connectivity index (χ2n) is 8.89. The Balaban J connectivity index is 3.38. The lowest BCUT2D eigenvalue weighted by atomic mass is 10.2.